The molecule has 2 aromatic carbocycles. The van der Waals surface area contributed by atoms with Crippen LogP contribution in [0.1, 0.15) is 0 Å². The Hall–Kier alpha value is -1.03. The standard InChI is InChI=1S/C13H10Cl2O2S/c1-18(16)11-5-6-13(12(15)8-11)17-10-4-2-3-9(14)7-10/h2-8H,1H3. The Labute approximate surface area is 118 Å². The van der Waals surface area contributed by atoms with Crippen LogP contribution in [0, 0.1) is 0 Å². The Morgan fingerprint density at radius 1 is 1.11 bits per heavy atom. The maximum atomic E-state index is 11.3. The third kappa shape index (κ3) is 3.25. The van der Waals surface area contributed by atoms with Crippen molar-refractivity contribution in [2.75, 3.05) is 6.26 Å². The van der Waals surface area contributed by atoms with Gasteiger partial charge in [0.25, 0.3) is 0 Å². The molecule has 18 heavy (non-hydrogen) atoms. The van der Waals surface area contributed by atoms with Gasteiger partial charge in [0.05, 0.1) is 5.02 Å². The summed E-state index contributed by atoms with van der Waals surface area (Å²) in [5.41, 5.74) is 0. The molecule has 0 aromatic heterocycles. The smallest absolute Gasteiger partial charge is 0.146 e. The van der Waals surface area contributed by atoms with Gasteiger partial charge in [-0.1, -0.05) is 29.3 Å². The molecule has 1 atom stereocenters. The molecule has 0 saturated carbocycles. The van der Waals surface area contributed by atoms with Crippen molar-refractivity contribution < 1.29 is 8.95 Å². The molecule has 0 bridgehead atoms. The quantitative estimate of drug-likeness (QED) is 0.833. The average Bonchev–Trinajstić information content (AvgIpc) is 2.31. The number of hydrogen-bond donors (Lipinski definition) is 0. The second-order valence-electron chi connectivity index (χ2n) is 3.61. The number of halogens is 2. The molecule has 0 N–H and O–H groups in total. The fourth-order valence-corrected chi connectivity index (χ4v) is 2.41. The van der Waals surface area contributed by atoms with Gasteiger partial charge in [-0.25, -0.2) is 0 Å². The summed E-state index contributed by atoms with van der Waals surface area (Å²) in [5, 5.41) is 1.01. The first-order chi connectivity index (χ1) is 8.56. The first kappa shape index (κ1) is 13.4. The summed E-state index contributed by atoms with van der Waals surface area (Å²) in [6, 6.07) is 12.1. The normalized spacial score (nSPS) is 12.2. The van der Waals surface area contributed by atoms with Crippen molar-refractivity contribution in [3.8, 4) is 11.5 Å². The molecule has 94 valence electrons. The van der Waals surface area contributed by atoms with Crippen LogP contribution in [0.4, 0.5) is 0 Å². The maximum absolute atomic E-state index is 11.3. The first-order valence-electron chi connectivity index (χ1n) is 5.12. The molecule has 0 saturated heterocycles. The van der Waals surface area contributed by atoms with Gasteiger partial charge in [0.15, 0.2) is 0 Å². The van der Waals surface area contributed by atoms with Crippen molar-refractivity contribution in [3.05, 3.63) is 52.5 Å². The number of ether oxygens (including phenoxy) is 1. The highest BCUT2D eigenvalue weighted by molar-refractivity contribution is 7.84. The Balaban J connectivity index is 2.27. The molecular weight excluding hydrogens is 291 g/mol. The van der Waals surface area contributed by atoms with E-state index in [1.807, 2.05) is 0 Å². The summed E-state index contributed by atoms with van der Waals surface area (Å²) < 4.78 is 16.9. The SMILES string of the molecule is CS(=O)c1ccc(Oc2cccc(Cl)c2)c(Cl)c1. The molecule has 0 amide bonds. The second-order valence-corrected chi connectivity index (χ2v) is 5.83. The van der Waals surface area contributed by atoms with Gasteiger partial charge in [0.1, 0.15) is 11.5 Å². The molecule has 0 aliphatic rings. The van der Waals surface area contributed by atoms with E-state index < -0.39 is 10.8 Å². The van der Waals surface area contributed by atoms with E-state index in [1.165, 1.54) is 0 Å². The second kappa shape index (κ2) is 5.74. The van der Waals surface area contributed by atoms with Crippen molar-refractivity contribution in [2.24, 2.45) is 0 Å². The van der Waals surface area contributed by atoms with E-state index in [1.54, 1.807) is 48.7 Å². The zero-order valence-corrected chi connectivity index (χ0v) is 11.9. The van der Waals surface area contributed by atoms with Crippen molar-refractivity contribution in [3.63, 3.8) is 0 Å². The minimum Gasteiger partial charge on any atom is -0.456 e. The van der Waals surface area contributed by atoms with Gasteiger partial charge in [-0.2, -0.15) is 0 Å². The molecule has 5 heteroatoms. The van der Waals surface area contributed by atoms with Crippen molar-refractivity contribution in [1.29, 1.82) is 0 Å². The predicted molar refractivity (Wildman–Crippen MR) is 75.3 cm³/mol. The third-order valence-corrected chi connectivity index (χ3v) is 3.71. The van der Waals surface area contributed by atoms with Crippen LogP contribution in [-0.2, 0) is 10.8 Å². The Morgan fingerprint density at radius 2 is 1.89 bits per heavy atom. The molecule has 1 unspecified atom stereocenters. The zero-order valence-electron chi connectivity index (χ0n) is 9.52. The highest BCUT2D eigenvalue weighted by Gasteiger charge is 2.06. The number of rotatable bonds is 3. The van der Waals surface area contributed by atoms with Crippen LogP contribution >= 0.6 is 23.2 Å². The van der Waals surface area contributed by atoms with Crippen LogP contribution in [0.15, 0.2) is 47.4 Å². The van der Waals surface area contributed by atoms with E-state index in [4.69, 9.17) is 27.9 Å². The van der Waals surface area contributed by atoms with Crippen LogP contribution < -0.4 is 4.74 Å². The molecular formula is C13H10Cl2O2S. The van der Waals surface area contributed by atoms with Gasteiger partial charge in [-0.15, -0.1) is 0 Å². The van der Waals surface area contributed by atoms with E-state index in [2.05, 4.69) is 0 Å². The topological polar surface area (TPSA) is 26.3 Å². The van der Waals surface area contributed by atoms with Gasteiger partial charge in [-0.3, -0.25) is 4.21 Å². The predicted octanol–water partition coefficient (Wildman–Crippen LogP) is 4.52. The van der Waals surface area contributed by atoms with Crippen LogP contribution in [0.2, 0.25) is 10.0 Å². The first-order valence-corrected chi connectivity index (χ1v) is 7.44. The summed E-state index contributed by atoms with van der Waals surface area (Å²) in [6.45, 7) is 0. The molecule has 0 aliphatic heterocycles. The Morgan fingerprint density at radius 3 is 2.50 bits per heavy atom. The van der Waals surface area contributed by atoms with Gasteiger partial charge in [-0.05, 0) is 36.4 Å². The van der Waals surface area contributed by atoms with Crippen LogP contribution in [0.3, 0.4) is 0 Å². The fourth-order valence-electron chi connectivity index (χ4n) is 1.40. The lowest BCUT2D eigenvalue weighted by molar-refractivity contribution is 0.482. The largest absolute Gasteiger partial charge is 0.456 e. The van der Waals surface area contributed by atoms with E-state index in [0.717, 1.165) is 0 Å². The van der Waals surface area contributed by atoms with Gasteiger partial charge < -0.3 is 4.74 Å². The highest BCUT2D eigenvalue weighted by atomic mass is 35.5. The summed E-state index contributed by atoms with van der Waals surface area (Å²) in [7, 11) is -1.06. The summed E-state index contributed by atoms with van der Waals surface area (Å²) >= 11 is 11.9. The fraction of sp³-hybridized carbons (Fsp3) is 0.0769. The van der Waals surface area contributed by atoms with E-state index in [-0.39, 0.29) is 0 Å². The highest BCUT2D eigenvalue weighted by Crippen LogP contribution is 2.31. The van der Waals surface area contributed by atoms with Crippen LogP contribution in [-0.4, -0.2) is 10.5 Å². The van der Waals surface area contributed by atoms with E-state index >= 15 is 0 Å². The summed E-state index contributed by atoms with van der Waals surface area (Å²) in [4.78, 5) is 0.665. The van der Waals surface area contributed by atoms with Gasteiger partial charge >= 0.3 is 0 Å². The van der Waals surface area contributed by atoms with E-state index in [0.29, 0.717) is 26.4 Å². The van der Waals surface area contributed by atoms with Gasteiger partial charge in [0, 0.05) is 27.0 Å². The Bertz CT molecular complexity index is 599. The van der Waals surface area contributed by atoms with Crippen molar-refractivity contribution >= 4 is 34.0 Å². The molecule has 2 aromatic rings. The number of benzene rings is 2. The molecule has 2 nitrogen and oxygen atoms in total. The van der Waals surface area contributed by atoms with Crippen molar-refractivity contribution in [2.45, 2.75) is 4.90 Å². The Kier molecular flexibility index (Phi) is 4.27. The maximum Gasteiger partial charge on any atom is 0.146 e. The molecule has 0 aliphatic carbocycles. The monoisotopic (exact) mass is 300 g/mol. The van der Waals surface area contributed by atoms with Crippen molar-refractivity contribution in [1.82, 2.24) is 0 Å². The molecule has 0 radical (unpaired) electrons. The lowest BCUT2D eigenvalue weighted by atomic mass is 10.3. The van der Waals surface area contributed by atoms with E-state index in [9.17, 15) is 4.21 Å². The third-order valence-electron chi connectivity index (χ3n) is 2.26. The lowest BCUT2D eigenvalue weighted by Gasteiger charge is -2.08. The lowest BCUT2D eigenvalue weighted by Crippen LogP contribution is -1.90. The average molecular weight is 301 g/mol. The van der Waals surface area contributed by atoms with Crippen LogP contribution in [0.5, 0.6) is 11.5 Å². The molecule has 0 spiro atoms. The molecule has 2 rings (SSSR count). The summed E-state index contributed by atoms with van der Waals surface area (Å²) in [6.07, 6.45) is 1.60. The minimum absolute atomic E-state index is 0.419. The molecule has 0 heterocycles. The van der Waals surface area contributed by atoms with Gasteiger partial charge in [0.2, 0.25) is 0 Å². The zero-order chi connectivity index (χ0) is 13.1. The molecule has 0 fully saturated rings. The number of hydrogen-bond acceptors (Lipinski definition) is 2. The van der Waals surface area contributed by atoms with Crippen LogP contribution in [0.25, 0.3) is 0 Å². The minimum atomic E-state index is -1.06. The summed E-state index contributed by atoms with van der Waals surface area (Å²) in [5.74, 6) is 1.11.